The van der Waals surface area contributed by atoms with Crippen LogP contribution in [0.1, 0.15) is 46.0 Å². The van der Waals surface area contributed by atoms with Crippen molar-refractivity contribution in [3.8, 4) is 0 Å². The predicted molar refractivity (Wildman–Crippen MR) is 97.0 cm³/mol. The molecule has 1 aromatic carbocycles. The van der Waals surface area contributed by atoms with Crippen LogP contribution in [0.3, 0.4) is 0 Å². The maximum absolute atomic E-state index is 13.1. The van der Waals surface area contributed by atoms with Crippen LogP contribution < -0.4 is 0 Å². The minimum atomic E-state index is -0.0594. The Morgan fingerprint density at radius 3 is 2.96 bits per heavy atom. The van der Waals surface area contributed by atoms with Gasteiger partial charge in [-0.25, -0.2) is 9.67 Å². The molecule has 3 aromatic rings. The van der Waals surface area contributed by atoms with Crippen molar-refractivity contribution in [3.05, 3.63) is 57.6 Å². The normalized spacial score (nSPS) is 14.0. The molecule has 0 unspecified atom stereocenters. The largest absolute Gasteiger partial charge is 0.360 e. The third-order valence-electron chi connectivity index (χ3n) is 4.13. The van der Waals surface area contributed by atoms with Crippen molar-refractivity contribution in [2.45, 2.75) is 30.5 Å². The highest BCUT2D eigenvalue weighted by molar-refractivity contribution is 9.10. The van der Waals surface area contributed by atoms with Gasteiger partial charge in [0, 0.05) is 16.0 Å². The van der Waals surface area contributed by atoms with Gasteiger partial charge in [-0.1, -0.05) is 32.8 Å². The molecule has 1 aliphatic rings. The van der Waals surface area contributed by atoms with E-state index >= 15 is 0 Å². The fourth-order valence-corrected chi connectivity index (χ4v) is 3.49. The van der Waals surface area contributed by atoms with Crippen LogP contribution in [0.4, 0.5) is 0 Å². The molecule has 0 amide bonds. The molecule has 0 aliphatic heterocycles. The third-order valence-corrected chi connectivity index (χ3v) is 5.18. The molecule has 1 fully saturated rings. The molecular formula is C17H15BrN4O2S. The first kappa shape index (κ1) is 16.5. The van der Waals surface area contributed by atoms with Crippen LogP contribution in [0.2, 0.25) is 0 Å². The minimum Gasteiger partial charge on any atom is -0.360 e. The van der Waals surface area contributed by atoms with Gasteiger partial charge in [0.15, 0.2) is 11.5 Å². The highest BCUT2D eigenvalue weighted by Crippen LogP contribution is 2.42. The van der Waals surface area contributed by atoms with Crippen molar-refractivity contribution in [2.75, 3.05) is 6.26 Å². The first-order valence-corrected chi connectivity index (χ1v) is 9.88. The van der Waals surface area contributed by atoms with Gasteiger partial charge >= 0.3 is 0 Å². The molecule has 0 spiro atoms. The number of ketones is 1. The number of benzene rings is 1. The van der Waals surface area contributed by atoms with Crippen molar-refractivity contribution in [2.24, 2.45) is 0 Å². The molecule has 0 saturated heterocycles. The van der Waals surface area contributed by atoms with Crippen LogP contribution in [0.5, 0.6) is 0 Å². The molecule has 1 saturated carbocycles. The molecular weight excluding hydrogens is 404 g/mol. The number of thioether (sulfide) groups is 1. The molecule has 2 heterocycles. The number of hydrogen-bond donors (Lipinski definition) is 0. The van der Waals surface area contributed by atoms with E-state index in [4.69, 9.17) is 4.52 Å². The zero-order chi connectivity index (χ0) is 17.4. The van der Waals surface area contributed by atoms with Crippen LogP contribution in [0.15, 0.2) is 44.9 Å². The summed E-state index contributed by atoms with van der Waals surface area (Å²) in [5, 5.41) is 8.93. The molecule has 6 nitrogen and oxygen atoms in total. The predicted octanol–water partition coefficient (Wildman–Crippen LogP) is 3.91. The Labute approximate surface area is 157 Å². The van der Waals surface area contributed by atoms with Gasteiger partial charge in [-0.2, -0.15) is 0 Å². The zero-order valence-corrected chi connectivity index (χ0v) is 15.9. The van der Waals surface area contributed by atoms with Crippen LogP contribution in [0, 0.1) is 0 Å². The van der Waals surface area contributed by atoms with Gasteiger partial charge in [0.1, 0.15) is 6.33 Å². The van der Waals surface area contributed by atoms with Crippen molar-refractivity contribution >= 4 is 33.5 Å². The van der Waals surface area contributed by atoms with Crippen molar-refractivity contribution < 1.29 is 9.32 Å². The monoisotopic (exact) mass is 418 g/mol. The van der Waals surface area contributed by atoms with Crippen LogP contribution in [0.25, 0.3) is 0 Å². The molecule has 0 bridgehead atoms. The molecule has 8 heteroatoms. The quantitative estimate of drug-likeness (QED) is 0.446. The Bertz CT molecular complexity index is 932. The van der Waals surface area contributed by atoms with E-state index in [0.29, 0.717) is 34.5 Å². The van der Waals surface area contributed by atoms with Crippen molar-refractivity contribution in [3.63, 3.8) is 0 Å². The third kappa shape index (κ3) is 3.41. The molecule has 128 valence electrons. The molecule has 0 radical (unpaired) electrons. The van der Waals surface area contributed by atoms with E-state index in [1.807, 2.05) is 24.5 Å². The number of carbonyl (C=O) groups is 1. The Morgan fingerprint density at radius 1 is 1.40 bits per heavy atom. The van der Waals surface area contributed by atoms with Gasteiger partial charge in [0.05, 0.1) is 18.3 Å². The second-order valence-electron chi connectivity index (χ2n) is 5.94. The van der Waals surface area contributed by atoms with E-state index in [1.165, 1.54) is 18.0 Å². The summed E-state index contributed by atoms with van der Waals surface area (Å²) in [6.45, 7) is 0.470. The smallest absolute Gasteiger partial charge is 0.208 e. The number of carbonyl (C=O) groups excluding carboxylic acids is 1. The van der Waals surface area contributed by atoms with Gasteiger partial charge in [-0.15, -0.1) is 5.10 Å². The Hall–Kier alpha value is -1.93. The summed E-state index contributed by atoms with van der Waals surface area (Å²) < 4.78 is 7.97. The maximum atomic E-state index is 13.1. The lowest BCUT2D eigenvalue weighted by atomic mass is 9.98. The highest BCUT2D eigenvalue weighted by atomic mass is 79.9. The summed E-state index contributed by atoms with van der Waals surface area (Å²) >= 11 is 4.97. The highest BCUT2D eigenvalue weighted by Gasteiger charge is 2.33. The molecule has 4 rings (SSSR count). The lowest BCUT2D eigenvalue weighted by Gasteiger charge is -2.09. The number of hydrogen-bond acceptors (Lipinski definition) is 6. The van der Waals surface area contributed by atoms with E-state index in [-0.39, 0.29) is 5.78 Å². The van der Waals surface area contributed by atoms with E-state index in [1.54, 1.807) is 11.0 Å². The minimum absolute atomic E-state index is 0.0594. The standard InChI is InChI=1S/C17H15BrN4O2S/c1-25-17-19-9-22(21-17)8-11-6-12(18)4-5-13(11)15(23)14-7-20-24-16(14)10-2-3-10/h4-7,9-10H,2-3,8H2,1H3. The molecule has 25 heavy (non-hydrogen) atoms. The number of aromatic nitrogens is 4. The maximum Gasteiger partial charge on any atom is 0.208 e. The number of halogens is 1. The molecule has 1 aliphatic carbocycles. The van der Waals surface area contributed by atoms with Gasteiger partial charge in [-0.3, -0.25) is 4.79 Å². The zero-order valence-electron chi connectivity index (χ0n) is 13.5. The van der Waals surface area contributed by atoms with E-state index in [2.05, 4.69) is 31.2 Å². The van der Waals surface area contributed by atoms with Crippen LogP contribution in [-0.4, -0.2) is 32.0 Å². The Kier molecular flexibility index (Phi) is 4.47. The SMILES string of the molecule is CSc1ncn(Cc2cc(Br)ccc2C(=O)c2cnoc2C2CC2)n1. The van der Waals surface area contributed by atoms with Crippen LogP contribution >= 0.6 is 27.7 Å². The summed E-state index contributed by atoms with van der Waals surface area (Å²) in [6.07, 6.45) is 7.25. The lowest BCUT2D eigenvalue weighted by Crippen LogP contribution is -2.10. The Morgan fingerprint density at radius 2 is 2.24 bits per heavy atom. The number of rotatable bonds is 6. The summed E-state index contributed by atoms with van der Waals surface area (Å²) in [4.78, 5) is 17.3. The average Bonchev–Trinajstić information content (AvgIpc) is 3.16. The first-order chi connectivity index (χ1) is 12.2. The summed E-state index contributed by atoms with van der Waals surface area (Å²) in [5.41, 5.74) is 2.07. The molecule has 2 aromatic heterocycles. The van der Waals surface area contributed by atoms with Crippen molar-refractivity contribution in [1.82, 2.24) is 19.9 Å². The molecule has 0 atom stereocenters. The average molecular weight is 419 g/mol. The second kappa shape index (κ2) is 6.76. The Balaban J connectivity index is 1.69. The van der Waals surface area contributed by atoms with Gasteiger partial charge in [0.25, 0.3) is 0 Å². The summed E-state index contributed by atoms with van der Waals surface area (Å²) in [7, 11) is 0. The lowest BCUT2D eigenvalue weighted by molar-refractivity contribution is 0.103. The van der Waals surface area contributed by atoms with E-state index < -0.39 is 0 Å². The van der Waals surface area contributed by atoms with Gasteiger partial charge in [0.2, 0.25) is 5.16 Å². The number of nitrogens with zero attached hydrogens (tertiary/aromatic N) is 4. The topological polar surface area (TPSA) is 73.8 Å². The van der Waals surface area contributed by atoms with Crippen LogP contribution in [-0.2, 0) is 6.54 Å². The summed E-state index contributed by atoms with van der Waals surface area (Å²) in [6, 6.07) is 5.64. The summed E-state index contributed by atoms with van der Waals surface area (Å²) in [5.74, 6) is 0.986. The second-order valence-corrected chi connectivity index (χ2v) is 7.63. The van der Waals surface area contributed by atoms with Gasteiger partial charge in [-0.05, 0) is 42.9 Å². The van der Waals surface area contributed by atoms with E-state index in [0.717, 1.165) is 22.9 Å². The molecule has 0 N–H and O–H groups in total. The van der Waals surface area contributed by atoms with Gasteiger partial charge < -0.3 is 4.52 Å². The fraction of sp³-hybridized carbons (Fsp3) is 0.294. The van der Waals surface area contributed by atoms with E-state index in [9.17, 15) is 4.79 Å². The first-order valence-electron chi connectivity index (χ1n) is 7.87. The van der Waals surface area contributed by atoms with Crippen molar-refractivity contribution in [1.29, 1.82) is 0 Å². The fourth-order valence-electron chi connectivity index (χ4n) is 2.74.